The molecule has 1 saturated carbocycles. The van der Waals surface area contributed by atoms with Crippen LogP contribution in [0.1, 0.15) is 24.1 Å². The summed E-state index contributed by atoms with van der Waals surface area (Å²) in [4.78, 5) is 18.6. The Labute approximate surface area is 142 Å². The van der Waals surface area contributed by atoms with E-state index in [4.69, 9.17) is 11.6 Å². The highest BCUT2D eigenvalue weighted by molar-refractivity contribution is 6.32. The van der Waals surface area contributed by atoms with Crippen LogP contribution in [0.25, 0.3) is 16.9 Å². The lowest BCUT2D eigenvalue weighted by molar-refractivity contribution is -0.137. The Bertz CT molecular complexity index is 1050. The van der Waals surface area contributed by atoms with Crippen molar-refractivity contribution in [3.05, 3.63) is 51.0 Å². The maximum atomic E-state index is 14.3. The minimum atomic E-state index is -4.59. The summed E-state index contributed by atoms with van der Waals surface area (Å²) in [5, 5.41) is 3.82. The summed E-state index contributed by atoms with van der Waals surface area (Å²) < 4.78 is 53.6. The van der Waals surface area contributed by atoms with E-state index in [9.17, 15) is 22.4 Å². The maximum Gasteiger partial charge on any atom is 0.417 e. The number of alkyl halides is 4. The van der Waals surface area contributed by atoms with Gasteiger partial charge >= 0.3 is 6.18 Å². The molecule has 1 aliphatic rings. The Morgan fingerprint density at radius 3 is 2.56 bits per heavy atom. The molecule has 3 aromatic heterocycles. The van der Waals surface area contributed by atoms with Gasteiger partial charge in [0.15, 0.2) is 16.9 Å². The van der Waals surface area contributed by atoms with Gasteiger partial charge in [0.25, 0.3) is 0 Å². The number of aromatic nitrogens is 4. The lowest BCUT2D eigenvalue weighted by atomic mass is 10.2. The summed E-state index contributed by atoms with van der Waals surface area (Å²) in [6.07, 6.45) is -2.15. The summed E-state index contributed by atoms with van der Waals surface area (Å²) in [6, 6.07) is 1.89. The number of H-pyrrole nitrogens is 1. The first kappa shape index (κ1) is 16.1. The second-order valence-corrected chi connectivity index (χ2v) is 6.27. The summed E-state index contributed by atoms with van der Waals surface area (Å²) >= 11 is 5.92. The van der Waals surface area contributed by atoms with E-state index in [1.807, 2.05) is 0 Å². The molecule has 1 N–H and O–H groups in total. The van der Waals surface area contributed by atoms with Crippen molar-refractivity contribution in [2.75, 3.05) is 0 Å². The fourth-order valence-corrected chi connectivity index (χ4v) is 2.79. The number of fused-ring (bicyclic) bond motifs is 1. The minimum Gasteiger partial charge on any atom is -0.340 e. The monoisotopic (exact) mass is 372 g/mol. The molecule has 3 heterocycles. The molecule has 0 unspecified atom stereocenters. The van der Waals surface area contributed by atoms with Gasteiger partial charge in [-0.3, -0.25) is 4.79 Å². The SMILES string of the molecule is O=c1cc(C2(F)CC2)[nH]c2c1cnn2-c1ncc(C(F)(F)F)cc1Cl. The second-order valence-electron chi connectivity index (χ2n) is 5.86. The van der Waals surface area contributed by atoms with Crippen LogP contribution in [-0.4, -0.2) is 19.7 Å². The van der Waals surface area contributed by atoms with Crippen molar-refractivity contribution >= 4 is 22.6 Å². The number of halogens is 5. The zero-order valence-corrected chi connectivity index (χ0v) is 13.1. The molecule has 10 heteroatoms. The van der Waals surface area contributed by atoms with Crippen molar-refractivity contribution in [2.24, 2.45) is 0 Å². The first-order valence-electron chi connectivity index (χ1n) is 7.23. The number of rotatable bonds is 2. The number of pyridine rings is 2. The van der Waals surface area contributed by atoms with Crippen LogP contribution in [0.3, 0.4) is 0 Å². The van der Waals surface area contributed by atoms with Crippen LogP contribution in [0, 0.1) is 0 Å². The summed E-state index contributed by atoms with van der Waals surface area (Å²) in [6.45, 7) is 0. The molecule has 3 aromatic rings. The molecule has 0 saturated heterocycles. The third-order valence-corrected chi connectivity index (χ3v) is 4.36. The number of nitrogens with one attached hydrogen (secondary N) is 1. The molecule has 1 fully saturated rings. The Morgan fingerprint density at radius 2 is 1.96 bits per heavy atom. The van der Waals surface area contributed by atoms with E-state index in [2.05, 4.69) is 15.1 Å². The minimum absolute atomic E-state index is 0.0961. The molecule has 0 spiro atoms. The summed E-state index contributed by atoms with van der Waals surface area (Å²) in [5.41, 5.74) is -2.80. The Balaban J connectivity index is 1.90. The highest BCUT2D eigenvalue weighted by atomic mass is 35.5. The molecular weight excluding hydrogens is 364 g/mol. The van der Waals surface area contributed by atoms with Gasteiger partial charge in [0.05, 0.1) is 27.9 Å². The van der Waals surface area contributed by atoms with E-state index in [0.29, 0.717) is 19.0 Å². The number of hydrogen-bond acceptors (Lipinski definition) is 3. The number of hydrogen-bond donors (Lipinski definition) is 1. The maximum absolute atomic E-state index is 14.3. The van der Waals surface area contributed by atoms with Crippen LogP contribution in [0.5, 0.6) is 0 Å². The highest BCUT2D eigenvalue weighted by Crippen LogP contribution is 2.48. The van der Waals surface area contributed by atoms with Gasteiger partial charge in [0, 0.05) is 12.3 Å². The smallest absolute Gasteiger partial charge is 0.340 e. The quantitative estimate of drug-likeness (QED) is 0.697. The largest absolute Gasteiger partial charge is 0.417 e. The Kier molecular flexibility index (Phi) is 3.24. The van der Waals surface area contributed by atoms with Crippen molar-refractivity contribution < 1.29 is 17.6 Å². The van der Waals surface area contributed by atoms with Gasteiger partial charge in [-0.1, -0.05) is 11.6 Å². The average Bonchev–Trinajstić information content (AvgIpc) is 3.14. The zero-order valence-electron chi connectivity index (χ0n) is 12.4. The van der Waals surface area contributed by atoms with Crippen LogP contribution in [-0.2, 0) is 11.8 Å². The molecular formula is C15H9ClF4N4O. The molecule has 0 aromatic carbocycles. The molecule has 0 bridgehead atoms. The van der Waals surface area contributed by atoms with Crippen LogP contribution in [0.2, 0.25) is 5.02 Å². The Hall–Kier alpha value is -2.42. The molecule has 25 heavy (non-hydrogen) atoms. The lowest BCUT2D eigenvalue weighted by Gasteiger charge is -2.10. The molecule has 5 nitrogen and oxygen atoms in total. The molecule has 0 amide bonds. The van der Waals surface area contributed by atoms with E-state index < -0.39 is 22.8 Å². The first-order chi connectivity index (χ1) is 11.7. The van der Waals surface area contributed by atoms with Gasteiger partial charge in [-0.15, -0.1) is 0 Å². The number of aromatic amines is 1. The second kappa shape index (κ2) is 5.04. The van der Waals surface area contributed by atoms with Gasteiger partial charge in [0.1, 0.15) is 5.65 Å². The fraction of sp³-hybridized carbons (Fsp3) is 0.267. The van der Waals surface area contributed by atoms with Gasteiger partial charge in [-0.05, 0) is 18.9 Å². The zero-order chi connectivity index (χ0) is 18.0. The van der Waals surface area contributed by atoms with E-state index in [1.165, 1.54) is 12.3 Å². The van der Waals surface area contributed by atoms with Crippen LogP contribution in [0.4, 0.5) is 17.6 Å². The lowest BCUT2D eigenvalue weighted by Crippen LogP contribution is -2.12. The summed E-state index contributed by atoms with van der Waals surface area (Å²) in [7, 11) is 0. The van der Waals surface area contributed by atoms with Gasteiger partial charge in [-0.2, -0.15) is 23.0 Å². The third-order valence-electron chi connectivity index (χ3n) is 4.08. The van der Waals surface area contributed by atoms with E-state index in [1.54, 1.807) is 0 Å². The first-order valence-corrected chi connectivity index (χ1v) is 7.60. The Morgan fingerprint density at radius 1 is 1.24 bits per heavy atom. The molecule has 130 valence electrons. The van der Waals surface area contributed by atoms with Crippen molar-refractivity contribution in [3.8, 4) is 5.82 Å². The van der Waals surface area contributed by atoms with E-state index >= 15 is 0 Å². The van der Waals surface area contributed by atoms with E-state index in [-0.39, 0.29) is 27.6 Å². The topological polar surface area (TPSA) is 63.6 Å². The van der Waals surface area contributed by atoms with Gasteiger partial charge in [-0.25, -0.2) is 9.37 Å². The van der Waals surface area contributed by atoms with E-state index in [0.717, 1.165) is 10.7 Å². The van der Waals surface area contributed by atoms with Crippen molar-refractivity contribution in [1.29, 1.82) is 0 Å². The molecule has 1 aliphatic carbocycles. The predicted octanol–water partition coefficient (Wildman–Crippen LogP) is 3.74. The van der Waals surface area contributed by atoms with Crippen molar-refractivity contribution in [3.63, 3.8) is 0 Å². The van der Waals surface area contributed by atoms with Crippen molar-refractivity contribution in [2.45, 2.75) is 24.7 Å². The molecule has 0 atom stereocenters. The van der Waals surface area contributed by atoms with Gasteiger partial charge in [0.2, 0.25) is 0 Å². The van der Waals surface area contributed by atoms with Crippen LogP contribution < -0.4 is 5.43 Å². The predicted molar refractivity (Wildman–Crippen MR) is 81.5 cm³/mol. The standard InChI is InChI=1S/C15H9ClF4N4O/c16-9-3-7(15(18,19)20)5-21-13(9)24-12-8(6-22-24)10(25)4-11(23-12)14(17)1-2-14/h3-6H,1-2H2,(H,23,25). The van der Waals surface area contributed by atoms with Crippen molar-refractivity contribution in [1.82, 2.24) is 19.7 Å². The highest BCUT2D eigenvalue weighted by Gasteiger charge is 2.46. The average molecular weight is 373 g/mol. The fourth-order valence-electron chi connectivity index (χ4n) is 2.54. The molecule has 4 rings (SSSR count). The van der Waals surface area contributed by atoms with Crippen LogP contribution in [0.15, 0.2) is 29.3 Å². The third kappa shape index (κ3) is 2.58. The molecule has 0 radical (unpaired) electrons. The van der Waals surface area contributed by atoms with Gasteiger partial charge < -0.3 is 4.98 Å². The number of nitrogens with zero attached hydrogens (tertiary/aromatic N) is 3. The molecule has 0 aliphatic heterocycles. The normalized spacial score (nSPS) is 16.4. The van der Waals surface area contributed by atoms with Crippen LogP contribution >= 0.6 is 11.6 Å². The summed E-state index contributed by atoms with van der Waals surface area (Å²) in [5.74, 6) is -0.0961.